The molecular formula is C9H14Br2OSi. The van der Waals surface area contributed by atoms with Crippen LogP contribution in [0.2, 0.25) is 19.6 Å². The summed E-state index contributed by atoms with van der Waals surface area (Å²) in [5.74, 6) is 0. The highest BCUT2D eigenvalue weighted by atomic mass is 79.9. The fraction of sp³-hybridized carbons (Fsp3) is 0.556. The van der Waals surface area contributed by atoms with Crippen molar-refractivity contribution >= 4 is 45.3 Å². The second-order valence-corrected chi connectivity index (χ2v) is 12.6. The highest BCUT2D eigenvalue weighted by molar-refractivity contribution is 9.24. The van der Waals surface area contributed by atoms with Gasteiger partial charge in [-0.15, -0.1) is 0 Å². The lowest BCUT2D eigenvalue weighted by atomic mass is 10.3. The molecule has 13 heavy (non-hydrogen) atoms. The Hall–Kier alpha value is 0.457. The fourth-order valence-corrected chi connectivity index (χ4v) is 2.83. The van der Waals surface area contributed by atoms with Crippen LogP contribution in [0.1, 0.15) is 5.56 Å². The van der Waals surface area contributed by atoms with Gasteiger partial charge in [0.15, 0.2) is 0 Å². The normalized spacial score (nSPS) is 12.5. The van der Waals surface area contributed by atoms with Crippen LogP contribution in [0, 0.1) is 0 Å². The largest absolute Gasteiger partial charge is 0.474 e. The molecule has 0 bridgehead atoms. The third-order valence-electron chi connectivity index (χ3n) is 1.78. The lowest BCUT2D eigenvalue weighted by molar-refractivity contribution is 0.593. The Morgan fingerprint density at radius 1 is 1.38 bits per heavy atom. The maximum Gasteiger partial charge on any atom is 0.123 e. The van der Waals surface area contributed by atoms with Crippen molar-refractivity contribution in [2.24, 2.45) is 0 Å². The summed E-state index contributed by atoms with van der Waals surface area (Å²) in [5.41, 5.74) is 1.26. The van der Waals surface area contributed by atoms with Gasteiger partial charge in [-0.05, 0) is 18.1 Å². The third kappa shape index (κ3) is 3.60. The number of furan rings is 1. The quantitative estimate of drug-likeness (QED) is 0.612. The molecule has 1 aromatic heterocycles. The summed E-state index contributed by atoms with van der Waals surface area (Å²) in [5, 5.41) is 1.18. The lowest BCUT2D eigenvalue weighted by Crippen LogP contribution is -2.36. The molecule has 0 fully saturated rings. The second-order valence-electron chi connectivity index (χ2n) is 4.16. The van der Waals surface area contributed by atoms with Crippen molar-refractivity contribution in [1.29, 1.82) is 0 Å². The van der Waals surface area contributed by atoms with E-state index < -0.39 is 8.07 Å². The van der Waals surface area contributed by atoms with E-state index in [9.17, 15) is 0 Å². The minimum absolute atomic E-state index is 0.340. The van der Waals surface area contributed by atoms with E-state index in [0.717, 1.165) is 6.42 Å². The molecule has 1 nitrogen and oxygen atoms in total. The molecule has 0 aliphatic carbocycles. The molecule has 0 saturated carbocycles. The zero-order valence-corrected chi connectivity index (χ0v) is 12.3. The third-order valence-corrected chi connectivity index (χ3v) is 4.17. The number of hydrogen-bond acceptors (Lipinski definition) is 1. The Balaban J connectivity index is 2.75. The molecule has 0 aliphatic heterocycles. The van der Waals surface area contributed by atoms with Gasteiger partial charge in [0, 0.05) is 0 Å². The monoisotopic (exact) mass is 324 g/mol. The smallest absolute Gasteiger partial charge is 0.123 e. The van der Waals surface area contributed by atoms with Crippen molar-refractivity contribution in [3.8, 4) is 0 Å². The van der Waals surface area contributed by atoms with Crippen LogP contribution in [-0.4, -0.2) is 11.8 Å². The molecule has 1 aromatic rings. The lowest BCUT2D eigenvalue weighted by Gasteiger charge is -2.10. The predicted molar refractivity (Wildman–Crippen MR) is 67.0 cm³/mol. The molecular weight excluding hydrogens is 312 g/mol. The van der Waals surface area contributed by atoms with E-state index in [1.165, 1.54) is 10.9 Å². The van der Waals surface area contributed by atoms with Gasteiger partial charge in [-0.25, -0.2) is 0 Å². The van der Waals surface area contributed by atoms with Crippen LogP contribution in [0.3, 0.4) is 0 Å². The van der Waals surface area contributed by atoms with Crippen LogP contribution in [0.25, 0.3) is 0 Å². The number of rotatable bonds is 3. The average molecular weight is 326 g/mol. The topological polar surface area (TPSA) is 13.1 Å². The molecule has 0 saturated heterocycles. The van der Waals surface area contributed by atoms with E-state index >= 15 is 0 Å². The van der Waals surface area contributed by atoms with Crippen LogP contribution in [-0.2, 0) is 6.42 Å². The summed E-state index contributed by atoms with van der Waals surface area (Å²) < 4.78 is 5.89. The standard InChI is InChI=1S/C9H14Br2OSi/c1-13(2,3)9-5-7(6-12-9)4-8(10)11/h5-6,8H,4H2,1-3H3. The van der Waals surface area contributed by atoms with Gasteiger partial charge < -0.3 is 4.42 Å². The van der Waals surface area contributed by atoms with E-state index in [0.29, 0.717) is 3.74 Å². The number of alkyl halides is 2. The molecule has 0 N–H and O–H groups in total. The van der Waals surface area contributed by atoms with Crippen LogP contribution >= 0.6 is 31.9 Å². The Bertz CT molecular complexity index is 275. The van der Waals surface area contributed by atoms with E-state index in [1.807, 2.05) is 6.26 Å². The molecule has 0 radical (unpaired) electrons. The SMILES string of the molecule is C[Si](C)(C)c1cc(CC(Br)Br)co1. The van der Waals surface area contributed by atoms with E-state index in [1.54, 1.807) is 0 Å². The molecule has 0 atom stereocenters. The van der Waals surface area contributed by atoms with E-state index in [4.69, 9.17) is 4.42 Å². The van der Waals surface area contributed by atoms with Crippen molar-refractivity contribution in [3.63, 3.8) is 0 Å². The van der Waals surface area contributed by atoms with Crippen molar-refractivity contribution < 1.29 is 4.42 Å². The van der Waals surface area contributed by atoms with Gasteiger partial charge in [0.25, 0.3) is 0 Å². The van der Waals surface area contributed by atoms with Gasteiger partial charge in [-0.1, -0.05) is 51.5 Å². The van der Waals surface area contributed by atoms with Gasteiger partial charge in [0.2, 0.25) is 0 Å². The molecule has 0 aromatic carbocycles. The van der Waals surface area contributed by atoms with Gasteiger partial charge in [0.05, 0.1) is 15.4 Å². The van der Waals surface area contributed by atoms with Crippen LogP contribution < -0.4 is 5.38 Å². The van der Waals surface area contributed by atoms with E-state index in [2.05, 4.69) is 57.6 Å². The van der Waals surface area contributed by atoms with Crippen molar-refractivity contribution in [1.82, 2.24) is 0 Å². The molecule has 4 heteroatoms. The fourth-order valence-electron chi connectivity index (χ4n) is 1.05. The summed E-state index contributed by atoms with van der Waals surface area (Å²) in [7, 11) is -1.26. The van der Waals surface area contributed by atoms with Crippen LogP contribution in [0.4, 0.5) is 0 Å². The summed E-state index contributed by atoms with van der Waals surface area (Å²) in [4.78, 5) is 0. The molecule has 0 amide bonds. The maximum atomic E-state index is 5.55. The zero-order chi connectivity index (χ0) is 10.1. The summed E-state index contributed by atoms with van der Waals surface area (Å²) in [6.45, 7) is 6.86. The first-order chi connectivity index (χ1) is 5.89. The van der Waals surface area contributed by atoms with Crippen molar-refractivity contribution in [2.45, 2.75) is 29.8 Å². The molecule has 0 aliphatic rings. The summed E-state index contributed by atoms with van der Waals surface area (Å²) in [6.07, 6.45) is 2.83. The van der Waals surface area contributed by atoms with Crippen molar-refractivity contribution in [3.05, 3.63) is 17.9 Å². The Morgan fingerprint density at radius 2 is 2.00 bits per heavy atom. The summed E-state index contributed by atoms with van der Waals surface area (Å²) >= 11 is 6.91. The first-order valence-electron chi connectivity index (χ1n) is 4.25. The highest BCUT2D eigenvalue weighted by Gasteiger charge is 2.21. The average Bonchev–Trinajstić information content (AvgIpc) is 2.32. The van der Waals surface area contributed by atoms with Gasteiger partial charge in [0.1, 0.15) is 8.07 Å². The molecule has 0 spiro atoms. The van der Waals surface area contributed by atoms with Crippen LogP contribution in [0.15, 0.2) is 16.7 Å². The van der Waals surface area contributed by atoms with Crippen molar-refractivity contribution in [2.75, 3.05) is 0 Å². The first-order valence-corrected chi connectivity index (χ1v) is 9.59. The zero-order valence-electron chi connectivity index (χ0n) is 8.10. The van der Waals surface area contributed by atoms with Gasteiger partial charge >= 0.3 is 0 Å². The predicted octanol–water partition coefficient (Wildman–Crippen LogP) is 3.48. The number of halogens is 2. The molecule has 0 unspecified atom stereocenters. The van der Waals surface area contributed by atoms with Crippen LogP contribution in [0.5, 0.6) is 0 Å². The molecule has 74 valence electrons. The Morgan fingerprint density at radius 3 is 2.38 bits per heavy atom. The second kappa shape index (κ2) is 4.32. The van der Waals surface area contributed by atoms with Gasteiger partial charge in [-0.2, -0.15) is 0 Å². The highest BCUT2D eigenvalue weighted by Crippen LogP contribution is 2.16. The molecule has 1 rings (SSSR count). The number of hydrogen-bond donors (Lipinski definition) is 0. The minimum atomic E-state index is -1.26. The Kier molecular flexibility index (Phi) is 3.83. The van der Waals surface area contributed by atoms with E-state index in [-0.39, 0.29) is 0 Å². The minimum Gasteiger partial charge on any atom is -0.474 e. The molecule has 1 heterocycles. The summed E-state index contributed by atoms with van der Waals surface area (Å²) in [6, 6.07) is 2.18. The Labute approximate surface area is 97.2 Å². The maximum absolute atomic E-state index is 5.55. The van der Waals surface area contributed by atoms with Gasteiger partial charge in [-0.3, -0.25) is 0 Å². The first kappa shape index (κ1) is 11.5.